The number of carbonyl (C=O) groups excluding carboxylic acids is 1. The number of benzene rings is 1. The van der Waals surface area contributed by atoms with Gasteiger partial charge in [0.25, 0.3) is 5.91 Å². The standard InChI is InChI=1S/C23H36N2O3/c1-18(2)15-25(23(26)22-9-6-14-28-22)16-19-10-12-24(13-11-19)17-20-7-4-5-8-21(20)27-3/h4-5,7-8,18-19,22H,6,9-17H2,1-3H3/t22-/m1/s1. The maximum atomic E-state index is 12.9. The summed E-state index contributed by atoms with van der Waals surface area (Å²) in [7, 11) is 1.74. The Labute approximate surface area is 170 Å². The van der Waals surface area contributed by atoms with Gasteiger partial charge in [-0.3, -0.25) is 9.69 Å². The minimum Gasteiger partial charge on any atom is -0.496 e. The van der Waals surface area contributed by atoms with Crippen molar-refractivity contribution in [3.05, 3.63) is 29.8 Å². The molecule has 0 aliphatic carbocycles. The molecule has 1 atom stereocenters. The molecule has 2 aliphatic heterocycles. The zero-order valence-electron chi connectivity index (χ0n) is 17.7. The summed E-state index contributed by atoms with van der Waals surface area (Å²) in [5.41, 5.74) is 1.25. The Morgan fingerprint density at radius 3 is 2.64 bits per heavy atom. The molecule has 156 valence electrons. The second-order valence-corrected chi connectivity index (χ2v) is 8.67. The minimum absolute atomic E-state index is 0.204. The Kier molecular flexibility index (Phi) is 7.74. The third-order valence-corrected chi connectivity index (χ3v) is 5.87. The van der Waals surface area contributed by atoms with Gasteiger partial charge in [-0.1, -0.05) is 32.0 Å². The molecule has 2 heterocycles. The average molecular weight is 389 g/mol. The van der Waals surface area contributed by atoms with Gasteiger partial charge in [-0.05, 0) is 56.7 Å². The number of hydrogen-bond acceptors (Lipinski definition) is 4. The summed E-state index contributed by atoms with van der Waals surface area (Å²) in [5.74, 6) is 2.24. The van der Waals surface area contributed by atoms with Gasteiger partial charge in [-0.2, -0.15) is 0 Å². The van der Waals surface area contributed by atoms with E-state index in [0.29, 0.717) is 11.8 Å². The highest BCUT2D eigenvalue weighted by Gasteiger charge is 2.31. The first-order chi connectivity index (χ1) is 13.6. The zero-order chi connectivity index (χ0) is 19.9. The minimum atomic E-state index is -0.204. The summed E-state index contributed by atoms with van der Waals surface area (Å²) in [6.45, 7) is 9.89. The fourth-order valence-electron chi connectivity index (χ4n) is 4.38. The molecular formula is C23H36N2O3. The van der Waals surface area contributed by atoms with Gasteiger partial charge >= 0.3 is 0 Å². The van der Waals surface area contributed by atoms with E-state index in [2.05, 4.69) is 35.8 Å². The zero-order valence-corrected chi connectivity index (χ0v) is 17.7. The number of para-hydroxylation sites is 1. The van der Waals surface area contributed by atoms with Crippen LogP contribution in [0.5, 0.6) is 5.75 Å². The molecule has 2 aliphatic rings. The lowest BCUT2D eigenvalue weighted by Crippen LogP contribution is -2.45. The lowest BCUT2D eigenvalue weighted by molar-refractivity contribution is -0.142. The SMILES string of the molecule is COc1ccccc1CN1CCC(CN(CC(C)C)C(=O)[C@H]2CCCO2)CC1. The van der Waals surface area contributed by atoms with Gasteiger partial charge in [-0.25, -0.2) is 0 Å². The Morgan fingerprint density at radius 1 is 1.25 bits per heavy atom. The van der Waals surface area contributed by atoms with Crippen molar-refractivity contribution >= 4 is 5.91 Å². The third-order valence-electron chi connectivity index (χ3n) is 5.87. The van der Waals surface area contributed by atoms with E-state index in [-0.39, 0.29) is 12.0 Å². The van der Waals surface area contributed by atoms with E-state index >= 15 is 0 Å². The summed E-state index contributed by atoms with van der Waals surface area (Å²) in [5, 5.41) is 0. The summed E-state index contributed by atoms with van der Waals surface area (Å²) in [6.07, 6.45) is 3.97. The van der Waals surface area contributed by atoms with Crippen LogP contribution in [0.1, 0.15) is 45.1 Å². The second-order valence-electron chi connectivity index (χ2n) is 8.67. The number of carbonyl (C=O) groups is 1. The van der Waals surface area contributed by atoms with Crippen LogP contribution in [0.15, 0.2) is 24.3 Å². The molecule has 5 nitrogen and oxygen atoms in total. The maximum Gasteiger partial charge on any atom is 0.251 e. The van der Waals surface area contributed by atoms with E-state index in [0.717, 1.165) is 70.8 Å². The van der Waals surface area contributed by atoms with Gasteiger partial charge in [0.05, 0.1) is 7.11 Å². The van der Waals surface area contributed by atoms with Crippen LogP contribution in [0.25, 0.3) is 0 Å². The number of piperidine rings is 1. The molecule has 1 amide bonds. The molecule has 0 spiro atoms. The maximum absolute atomic E-state index is 12.9. The van der Waals surface area contributed by atoms with E-state index in [1.165, 1.54) is 5.56 Å². The van der Waals surface area contributed by atoms with E-state index in [1.54, 1.807) is 7.11 Å². The number of rotatable bonds is 8. The van der Waals surface area contributed by atoms with Crippen LogP contribution in [-0.2, 0) is 16.1 Å². The molecule has 3 rings (SSSR count). The van der Waals surface area contributed by atoms with Gasteiger partial charge in [0.1, 0.15) is 11.9 Å². The number of likely N-dealkylation sites (tertiary alicyclic amines) is 1. The molecule has 0 bridgehead atoms. The number of nitrogens with zero attached hydrogens (tertiary/aromatic N) is 2. The predicted molar refractivity (Wildman–Crippen MR) is 111 cm³/mol. The molecule has 2 saturated heterocycles. The van der Waals surface area contributed by atoms with Crippen LogP contribution in [0.4, 0.5) is 0 Å². The first-order valence-corrected chi connectivity index (χ1v) is 10.8. The quantitative estimate of drug-likeness (QED) is 0.683. The van der Waals surface area contributed by atoms with E-state index < -0.39 is 0 Å². The Bertz CT molecular complexity index is 620. The molecule has 0 N–H and O–H groups in total. The van der Waals surface area contributed by atoms with Crippen molar-refractivity contribution in [2.24, 2.45) is 11.8 Å². The van der Waals surface area contributed by atoms with Crippen molar-refractivity contribution in [1.29, 1.82) is 0 Å². The first kappa shape index (κ1) is 21.1. The van der Waals surface area contributed by atoms with Crippen molar-refractivity contribution in [1.82, 2.24) is 9.80 Å². The van der Waals surface area contributed by atoms with Crippen molar-refractivity contribution in [3.63, 3.8) is 0 Å². The highest BCUT2D eigenvalue weighted by molar-refractivity contribution is 5.81. The van der Waals surface area contributed by atoms with Crippen molar-refractivity contribution in [2.75, 3.05) is 39.9 Å². The Hall–Kier alpha value is -1.59. The topological polar surface area (TPSA) is 42.0 Å². The third kappa shape index (κ3) is 5.71. The smallest absolute Gasteiger partial charge is 0.251 e. The molecule has 0 radical (unpaired) electrons. The molecule has 1 aromatic carbocycles. The largest absolute Gasteiger partial charge is 0.496 e. The van der Waals surface area contributed by atoms with Crippen molar-refractivity contribution < 1.29 is 14.3 Å². The fraction of sp³-hybridized carbons (Fsp3) is 0.696. The Balaban J connectivity index is 1.51. The Morgan fingerprint density at radius 2 is 2.00 bits per heavy atom. The summed E-state index contributed by atoms with van der Waals surface area (Å²) < 4.78 is 11.2. The molecule has 0 saturated carbocycles. The molecule has 0 unspecified atom stereocenters. The van der Waals surface area contributed by atoms with Gasteiger partial charge in [0.2, 0.25) is 0 Å². The van der Waals surface area contributed by atoms with Crippen molar-refractivity contribution in [2.45, 2.75) is 52.2 Å². The molecule has 0 aromatic heterocycles. The number of methoxy groups -OCH3 is 1. The lowest BCUT2D eigenvalue weighted by Gasteiger charge is -2.36. The molecule has 5 heteroatoms. The molecular weight excluding hydrogens is 352 g/mol. The van der Waals surface area contributed by atoms with Gasteiger partial charge in [-0.15, -0.1) is 0 Å². The molecule has 28 heavy (non-hydrogen) atoms. The number of amides is 1. The number of hydrogen-bond donors (Lipinski definition) is 0. The second kappa shape index (κ2) is 10.3. The van der Waals surface area contributed by atoms with E-state index in [9.17, 15) is 4.79 Å². The van der Waals surface area contributed by atoms with Gasteiger partial charge in [0, 0.05) is 31.8 Å². The summed E-state index contributed by atoms with van der Waals surface area (Å²) in [4.78, 5) is 17.5. The fourth-order valence-corrected chi connectivity index (χ4v) is 4.38. The average Bonchev–Trinajstić information content (AvgIpc) is 3.23. The van der Waals surface area contributed by atoms with Crippen molar-refractivity contribution in [3.8, 4) is 5.75 Å². The monoisotopic (exact) mass is 388 g/mol. The predicted octanol–water partition coefficient (Wildman–Crippen LogP) is 3.57. The lowest BCUT2D eigenvalue weighted by atomic mass is 9.95. The van der Waals surface area contributed by atoms with Crippen LogP contribution in [-0.4, -0.2) is 61.7 Å². The molecule has 2 fully saturated rings. The van der Waals surface area contributed by atoms with E-state index in [4.69, 9.17) is 9.47 Å². The highest BCUT2D eigenvalue weighted by atomic mass is 16.5. The van der Waals surface area contributed by atoms with Crippen LogP contribution >= 0.6 is 0 Å². The first-order valence-electron chi connectivity index (χ1n) is 10.8. The van der Waals surface area contributed by atoms with E-state index in [1.807, 2.05) is 12.1 Å². The van der Waals surface area contributed by atoms with Crippen LogP contribution < -0.4 is 4.74 Å². The van der Waals surface area contributed by atoms with Crippen LogP contribution in [0.3, 0.4) is 0 Å². The summed E-state index contributed by atoms with van der Waals surface area (Å²) >= 11 is 0. The molecule has 1 aromatic rings. The summed E-state index contributed by atoms with van der Waals surface area (Å²) in [6, 6.07) is 8.27. The van der Waals surface area contributed by atoms with Crippen LogP contribution in [0, 0.1) is 11.8 Å². The van der Waals surface area contributed by atoms with Gasteiger partial charge in [0.15, 0.2) is 0 Å². The normalized spacial score (nSPS) is 21.2. The van der Waals surface area contributed by atoms with Crippen LogP contribution in [0.2, 0.25) is 0 Å². The highest BCUT2D eigenvalue weighted by Crippen LogP contribution is 2.25. The number of ether oxygens (including phenoxy) is 2. The van der Waals surface area contributed by atoms with Gasteiger partial charge < -0.3 is 14.4 Å².